The maximum atomic E-state index is 12.8. The molecule has 3 heterocycles. The minimum Gasteiger partial charge on any atom is -0.361 e. The third-order valence-electron chi connectivity index (χ3n) is 5.24. The van der Waals surface area contributed by atoms with E-state index in [2.05, 4.69) is 15.2 Å². The number of piperidine rings is 1. The molecule has 0 spiro atoms. The third kappa shape index (κ3) is 4.40. The summed E-state index contributed by atoms with van der Waals surface area (Å²) in [5, 5.41) is 7.62. The van der Waals surface area contributed by atoms with Crippen LogP contribution in [-0.2, 0) is 19.3 Å². The minimum atomic E-state index is -4.55. The van der Waals surface area contributed by atoms with Crippen molar-refractivity contribution in [2.24, 2.45) is 5.92 Å². The second-order valence-electron chi connectivity index (χ2n) is 7.45. The number of hydrogen-bond donors (Lipinski definition) is 0. The van der Waals surface area contributed by atoms with E-state index in [0.29, 0.717) is 12.5 Å². The van der Waals surface area contributed by atoms with Gasteiger partial charge in [0, 0.05) is 31.1 Å². The molecule has 1 saturated heterocycles. The molecule has 0 amide bonds. The van der Waals surface area contributed by atoms with E-state index >= 15 is 0 Å². The van der Waals surface area contributed by atoms with E-state index in [-0.39, 0.29) is 12.5 Å². The van der Waals surface area contributed by atoms with Gasteiger partial charge in [0.1, 0.15) is 5.76 Å². The molecule has 0 aromatic carbocycles. The van der Waals surface area contributed by atoms with Gasteiger partial charge in [-0.05, 0) is 50.8 Å². The van der Waals surface area contributed by atoms with Crippen LogP contribution in [0.4, 0.5) is 13.2 Å². The second kappa shape index (κ2) is 7.10. The van der Waals surface area contributed by atoms with Gasteiger partial charge in [0.25, 0.3) is 5.56 Å². The summed E-state index contributed by atoms with van der Waals surface area (Å²) < 4.78 is 44.7. The number of nitrogens with zero attached hydrogens (tertiary/aromatic N) is 4. The normalized spacial score (nSPS) is 19.5. The van der Waals surface area contributed by atoms with Crippen LogP contribution in [0.1, 0.15) is 48.7 Å². The summed E-state index contributed by atoms with van der Waals surface area (Å²) in [4.78, 5) is 14.1. The van der Waals surface area contributed by atoms with Crippen molar-refractivity contribution >= 4 is 0 Å². The van der Waals surface area contributed by atoms with E-state index in [1.807, 2.05) is 6.07 Å². The van der Waals surface area contributed by atoms with Gasteiger partial charge in [0.2, 0.25) is 0 Å². The van der Waals surface area contributed by atoms with Crippen LogP contribution < -0.4 is 5.56 Å². The predicted octanol–water partition coefficient (Wildman–Crippen LogP) is 3.04. The van der Waals surface area contributed by atoms with Gasteiger partial charge in [-0.25, -0.2) is 4.68 Å². The van der Waals surface area contributed by atoms with Gasteiger partial charge in [-0.3, -0.25) is 9.69 Å². The van der Waals surface area contributed by atoms with E-state index in [9.17, 15) is 18.0 Å². The minimum absolute atomic E-state index is 0.134. The molecular weight excluding hydrogens is 361 g/mol. The van der Waals surface area contributed by atoms with Crippen LogP contribution >= 0.6 is 0 Å². The highest BCUT2D eigenvalue weighted by Crippen LogP contribution is 2.40. The fourth-order valence-electron chi connectivity index (χ4n) is 3.49. The Kier molecular flexibility index (Phi) is 4.79. The lowest BCUT2D eigenvalue weighted by Crippen LogP contribution is -2.36. The first kappa shape index (κ1) is 18.2. The third-order valence-corrected chi connectivity index (χ3v) is 5.24. The zero-order chi connectivity index (χ0) is 19.0. The summed E-state index contributed by atoms with van der Waals surface area (Å²) in [5.74, 6) is 1.64. The van der Waals surface area contributed by atoms with Crippen molar-refractivity contribution in [3.63, 3.8) is 0 Å². The molecule has 27 heavy (non-hydrogen) atoms. The Morgan fingerprint density at radius 1 is 1.15 bits per heavy atom. The zero-order valence-electron chi connectivity index (χ0n) is 14.8. The monoisotopic (exact) mass is 382 g/mol. The summed E-state index contributed by atoms with van der Waals surface area (Å²) in [6.07, 6.45) is -0.600. The van der Waals surface area contributed by atoms with Gasteiger partial charge in [-0.2, -0.15) is 18.3 Å². The number of aromatic nitrogens is 3. The van der Waals surface area contributed by atoms with Crippen LogP contribution in [0.5, 0.6) is 0 Å². The standard InChI is InChI=1S/C18H21F3N4O2/c19-18(20,21)16-3-4-17(26)25(22-16)10-12-5-7-24(8-6-12)11-14-9-15(27-23-14)13-1-2-13/h3-4,9,12-13H,1-2,5-8,10-11H2. The Bertz CT molecular complexity index is 849. The molecule has 2 aromatic rings. The Morgan fingerprint density at radius 2 is 1.89 bits per heavy atom. The molecule has 4 rings (SSSR count). The summed E-state index contributed by atoms with van der Waals surface area (Å²) in [6.45, 7) is 2.55. The molecule has 1 saturated carbocycles. The van der Waals surface area contributed by atoms with E-state index in [4.69, 9.17) is 4.52 Å². The fraction of sp³-hybridized carbons (Fsp3) is 0.611. The summed E-state index contributed by atoms with van der Waals surface area (Å²) >= 11 is 0. The van der Waals surface area contributed by atoms with Crippen LogP contribution in [0.25, 0.3) is 0 Å². The number of likely N-dealkylation sites (tertiary alicyclic amines) is 1. The molecule has 6 nitrogen and oxygen atoms in total. The van der Waals surface area contributed by atoms with Crippen molar-refractivity contribution in [1.82, 2.24) is 19.8 Å². The number of alkyl halides is 3. The van der Waals surface area contributed by atoms with E-state index in [1.165, 1.54) is 12.8 Å². The molecule has 0 N–H and O–H groups in total. The van der Waals surface area contributed by atoms with Gasteiger partial charge in [-0.1, -0.05) is 5.16 Å². The Morgan fingerprint density at radius 3 is 2.56 bits per heavy atom. The van der Waals surface area contributed by atoms with Gasteiger partial charge < -0.3 is 4.52 Å². The first-order valence-electron chi connectivity index (χ1n) is 9.22. The molecule has 2 aliphatic rings. The van der Waals surface area contributed by atoms with Gasteiger partial charge in [0.15, 0.2) is 5.69 Å². The second-order valence-corrected chi connectivity index (χ2v) is 7.45. The fourth-order valence-corrected chi connectivity index (χ4v) is 3.49. The molecule has 9 heteroatoms. The zero-order valence-corrected chi connectivity index (χ0v) is 14.8. The Labute approximate surface area is 153 Å². The van der Waals surface area contributed by atoms with Crippen LogP contribution in [0.2, 0.25) is 0 Å². The lowest BCUT2D eigenvalue weighted by Gasteiger charge is -2.31. The summed E-state index contributed by atoms with van der Waals surface area (Å²) in [7, 11) is 0. The van der Waals surface area contributed by atoms with Crippen molar-refractivity contribution in [1.29, 1.82) is 0 Å². The first-order chi connectivity index (χ1) is 12.9. The molecule has 0 unspecified atom stereocenters. The molecule has 2 fully saturated rings. The molecule has 146 valence electrons. The Hall–Kier alpha value is -2.16. The lowest BCUT2D eigenvalue weighted by molar-refractivity contribution is -0.142. The molecule has 0 radical (unpaired) electrons. The highest BCUT2D eigenvalue weighted by atomic mass is 19.4. The lowest BCUT2D eigenvalue weighted by atomic mass is 9.96. The quantitative estimate of drug-likeness (QED) is 0.795. The highest BCUT2D eigenvalue weighted by molar-refractivity contribution is 5.14. The molecule has 2 aromatic heterocycles. The van der Waals surface area contributed by atoms with Crippen molar-refractivity contribution in [3.05, 3.63) is 45.7 Å². The summed E-state index contributed by atoms with van der Waals surface area (Å²) in [6, 6.07) is 3.69. The smallest absolute Gasteiger partial charge is 0.361 e. The van der Waals surface area contributed by atoms with Crippen molar-refractivity contribution in [2.75, 3.05) is 13.1 Å². The largest absolute Gasteiger partial charge is 0.435 e. The maximum absolute atomic E-state index is 12.8. The topological polar surface area (TPSA) is 64.2 Å². The van der Waals surface area contributed by atoms with Crippen LogP contribution in [-0.4, -0.2) is 32.9 Å². The highest BCUT2D eigenvalue weighted by Gasteiger charge is 2.33. The van der Waals surface area contributed by atoms with E-state index < -0.39 is 17.4 Å². The van der Waals surface area contributed by atoms with Gasteiger partial charge in [-0.15, -0.1) is 0 Å². The maximum Gasteiger partial charge on any atom is 0.435 e. The first-order valence-corrected chi connectivity index (χ1v) is 9.22. The van der Waals surface area contributed by atoms with Crippen molar-refractivity contribution in [3.8, 4) is 0 Å². The average Bonchev–Trinajstić information content (AvgIpc) is 3.37. The van der Waals surface area contributed by atoms with Crippen LogP contribution in [0.3, 0.4) is 0 Å². The van der Waals surface area contributed by atoms with Crippen molar-refractivity contribution in [2.45, 2.75) is 50.9 Å². The predicted molar refractivity (Wildman–Crippen MR) is 90.0 cm³/mol. The number of halogens is 3. The molecule has 1 aliphatic heterocycles. The SMILES string of the molecule is O=c1ccc(C(F)(F)F)nn1CC1CCN(Cc2cc(C3CC3)on2)CC1. The van der Waals surface area contributed by atoms with Crippen molar-refractivity contribution < 1.29 is 17.7 Å². The van der Waals surface area contributed by atoms with Gasteiger partial charge in [0.05, 0.1) is 5.69 Å². The average molecular weight is 382 g/mol. The molecule has 1 aliphatic carbocycles. The molecular formula is C18H21F3N4O2. The van der Waals surface area contributed by atoms with Crippen LogP contribution in [0, 0.1) is 5.92 Å². The summed E-state index contributed by atoms with van der Waals surface area (Å²) in [5.41, 5.74) is -0.608. The van der Waals surface area contributed by atoms with E-state index in [1.54, 1.807) is 0 Å². The number of rotatable bonds is 5. The Balaban J connectivity index is 1.32. The molecule has 0 atom stereocenters. The van der Waals surface area contributed by atoms with E-state index in [0.717, 1.165) is 54.2 Å². The van der Waals surface area contributed by atoms with Crippen LogP contribution in [0.15, 0.2) is 27.5 Å². The molecule has 0 bridgehead atoms. The van der Waals surface area contributed by atoms with Gasteiger partial charge >= 0.3 is 6.18 Å². The number of hydrogen-bond acceptors (Lipinski definition) is 5.